The second-order valence-electron chi connectivity index (χ2n) is 4.91. The molecular formula is C14H21FN2O2. The summed E-state index contributed by atoms with van der Waals surface area (Å²) in [5, 5.41) is 5.53. The Morgan fingerprint density at radius 1 is 1.26 bits per heavy atom. The maximum atomic E-state index is 12.7. The van der Waals surface area contributed by atoms with Gasteiger partial charge in [-0.2, -0.15) is 0 Å². The molecule has 1 rings (SSSR count). The van der Waals surface area contributed by atoms with E-state index in [9.17, 15) is 9.18 Å². The normalized spacial score (nSPS) is 12.1. The van der Waals surface area contributed by atoms with Gasteiger partial charge in [0, 0.05) is 6.54 Å². The van der Waals surface area contributed by atoms with Crippen molar-refractivity contribution in [1.82, 2.24) is 10.6 Å². The molecule has 0 spiro atoms. The van der Waals surface area contributed by atoms with Crippen molar-refractivity contribution in [1.29, 1.82) is 0 Å². The molecule has 0 radical (unpaired) electrons. The molecule has 0 heterocycles. The Kier molecular flexibility index (Phi) is 6.12. The monoisotopic (exact) mass is 268 g/mol. The van der Waals surface area contributed by atoms with Crippen molar-refractivity contribution < 1.29 is 13.9 Å². The molecule has 5 heteroatoms. The van der Waals surface area contributed by atoms with Crippen molar-refractivity contribution in [2.24, 2.45) is 5.92 Å². The van der Waals surface area contributed by atoms with Gasteiger partial charge in [0.2, 0.25) is 0 Å². The maximum absolute atomic E-state index is 12.7. The van der Waals surface area contributed by atoms with Crippen LogP contribution in [0.3, 0.4) is 0 Å². The number of hydrogen-bond donors (Lipinski definition) is 2. The molecule has 0 saturated heterocycles. The highest BCUT2D eigenvalue weighted by Crippen LogP contribution is 2.11. The fraction of sp³-hybridized carbons (Fsp3) is 0.500. The number of benzene rings is 1. The largest absolute Gasteiger partial charge is 0.491 e. The van der Waals surface area contributed by atoms with Crippen molar-refractivity contribution in [3.8, 4) is 5.75 Å². The van der Waals surface area contributed by atoms with E-state index in [1.54, 1.807) is 12.1 Å². The zero-order valence-corrected chi connectivity index (χ0v) is 11.6. The third kappa shape index (κ3) is 6.64. The molecular weight excluding hydrogens is 247 g/mol. The minimum Gasteiger partial charge on any atom is -0.491 e. The highest BCUT2D eigenvalue weighted by atomic mass is 19.1. The van der Waals surface area contributed by atoms with Gasteiger partial charge >= 0.3 is 6.03 Å². The van der Waals surface area contributed by atoms with Crippen LogP contribution in [-0.4, -0.2) is 25.2 Å². The maximum Gasteiger partial charge on any atom is 0.315 e. The highest BCUT2D eigenvalue weighted by molar-refractivity contribution is 5.74. The Morgan fingerprint density at radius 2 is 1.89 bits per heavy atom. The van der Waals surface area contributed by atoms with E-state index >= 15 is 0 Å². The summed E-state index contributed by atoms with van der Waals surface area (Å²) >= 11 is 0. The Labute approximate surface area is 113 Å². The smallest absolute Gasteiger partial charge is 0.315 e. The van der Waals surface area contributed by atoms with E-state index in [4.69, 9.17) is 4.74 Å². The summed E-state index contributed by atoms with van der Waals surface area (Å²) in [6.07, 6.45) is 0. The van der Waals surface area contributed by atoms with Gasteiger partial charge in [-0.25, -0.2) is 9.18 Å². The molecule has 0 aliphatic carbocycles. The first-order valence-electron chi connectivity index (χ1n) is 6.40. The summed E-state index contributed by atoms with van der Waals surface area (Å²) in [6, 6.07) is 5.45. The van der Waals surface area contributed by atoms with E-state index < -0.39 is 0 Å². The van der Waals surface area contributed by atoms with Crippen LogP contribution in [0.1, 0.15) is 20.8 Å². The summed E-state index contributed by atoms with van der Waals surface area (Å²) < 4.78 is 18.1. The van der Waals surface area contributed by atoms with Crippen molar-refractivity contribution in [3.63, 3.8) is 0 Å². The van der Waals surface area contributed by atoms with E-state index in [1.165, 1.54) is 12.1 Å². The molecule has 0 bridgehead atoms. The van der Waals surface area contributed by atoms with Crippen LogP contribution in [0.25, 0.3) is 0 Å². The van der Waals surface area contributed by atoms with Gasteiger partial charge in [-0.3, -0.25) is 0 Å². The fourth-order valence-corrected chi connectivity index (χ4v) is 1.37. The first kappa shape index (κ1) is 15.3. The molecule has 19 heavy (non-hydrogen) atoms. The molecule has 0 aliphatic rings. The minimum atomic E-state index is -0.299. The summed E-state index contributed by atoms with van der Waals surface area (Å²) in [4.78, 5) is 11.5. The van der Waals surface area contributed by atoms with Crippen molar-refractivity contribution >= 4 is 6.03 Å². The Hall–Kier alpha value is -1.78. The van der Waals surface area contributed by atoms with E-state index in [0.29, 0.717) is 24.8 Å². The van der Waals surface area contributed by atoms with Gasteiger partial charge < -0.3 is 15.4 Å². The summed E-state index contributed by atoms with van der Waals surface area (Å²) in [5.74, 6) is 0.695. The Balaban J connectivity index is 2.25. The summed E-state index contributed by atoms with van der Waals surface area (Å²) in [6.45, 7) is 6.87. The molecule has 0 aliphatic heterocycles. The van der Waals surface area contributed by atoms with Crippen LogP contribution in [0.15, 0.2) is 24.3 Å². The second kappa shape index (κ2) is 7.61. The number of rotatable bonds is 6. The first-order chi connectivity index (χ1) is 8.97. The first-order valence-corrected chi connectivity index (χ1v) is 6.40. The van der Waals surface area contributed by atoms with Crippen LogP contribution in [-0.2, 0) is 0 Å². The van der Waals surface area contributed by atoms with Crippen molar-refractivity contribution in [3.05, 3.63) is 30.1 Å². The number of nitrogens with one attached hydrogen (secondary N) is 2. The van der Waals surface area contributed by atoms with Gasteiger partial charge in [0.15, 0.2) is 0 Å². The lowest BCUT2D eigenvalue weighted by Crippen LogP contribution is -2.44. The number of carbonyl (C=O) groups is 1. The topological polar surface area (TPSA) is 50.4 Å². The molecule has 1 aromatic carbocycles. The summed E-state index contributed by atoms with van der Waals surface area (Å²) in [5.41, 5.74) is 0. The third-order valence-electron chi connectivity index (χ3n) is 2.36. The SMILES string of the molecule is CC(C)CNC(=O)NC(C)COc1ccc(F)cc1. The molecule has 1 unspecified atom stereocenters. The number of hydrogen-bond acceptors (Lipinski definition) is 2. The molecule has 0 saturated carbocycles. The molecule has 1 aromatic rings. The average molecular weight is 268 g/mol. The zero-order valence-electron chi connectivity index (χ0n) is 11.6. The van der Waals surface area contributed by atoms with Gasteiger partial charge in [0.1, 0.15) is 18.2 Å². The zero-order chi connectivity index (χ0) is 14.3. The quantitative estimate of drug-likeness (QED) is 0.833. The van der Waals surface area contributed by atoms with Crippen LogP contribution in [0, 0.1) is 11.7 Å². The number of halogens is 1. The lowest BCUT2D eigenvalue weighted by molar-refractivity contribution is 0.225. The standard InChI is InChI=1S/C14H21FN2O2/c1-10(2)8-16-14(18)17-11(3)9-19-13-6-4-12(15)5-7-13/h4-7,10-11H,8-9H2,1-3H3,(H2,16,17,18). The van der Waals surface area contributed by atoms with Crippen molar-refractivity contribution in [2.45, 2.75) is 26.8 Å². The molecule has 0 fully saturated rings. The van der Waals surface area contributed by atoms with Crippen molar-refractivity contribution in [2.75, 3.05) is 13.2 Å². The number of amides is 2. The molecule has 1 atom stereocenters. The van der Waals surface area contributed by atoms with Gasteiger partial charge in [0.25, 0.3) is 0 Å². The van der Waals surface area contributed by atoms with E-state index in [1.807, 2.05) is 20.8 Å². The van der Waals surface area contributed by atoms with Crippen LogP contribution in [0.5, 0.6) is 5.75 Å². The van der Waals surface area contributed by atoms with Crippen LogP contribution in [0.2, 0.25) is 0 Å². The number of ether oxygens (including phenoxy) is 1. The summed E-state index contributed by atoms with van der Waals surface area (Å²) in [7, 11) is 0. The molecule has 4 nitrogen and oxygen atoms in total. The number of carbonyl (C=O) groups excluding carboxylic acids is 1. The fourth-order valence-electron chi connectivity index (χ4n) is 1.37. The van der Waals surface area contributed by atoms with E-state index in [-0.39, 0.29) is 17.9 Å². The molecule has 0 aromatic heterocycles. The molecule has 2 amide bonds. The lowest BCUT2D eigenvalue weighted by atomic mass is 10.2. The molecule has 2 N–H and O–H groups in total. The van der Waals surface area contributed by atoms with Gasteiger partial charge in [-0.1, -0.05) is 13.8 Å². The predicted molar refractivity (Wildman–Crippen MR) is 72.7 cm³/mol. The lowest BCUT2D eigenvalue weighted by Gasteiger charge is -2.16. The average Bonchev–Trinajstić information content (AvgIpc) is 2.36. The van der Waals surface area contributed by atoms with Crippen LogP contribution < -0.4 is 15.4 Å². The number of urea groups is 1. The highest BCUT2D eigenvalue weighted by Gasteiger charge is 2.08. The third-order valence-corrected chi connectivity index (χ3v) is 2.36. The Bertz CT molecular complexity index is 393. The van der Waals surface area contributed by atoms with Crippen LogP contribution in [0.4, 0.5) is 9.18 Å². The second-order valence-corrected chi connectivity index (χ2v) is 4.91. The van der Waals surface area contributed by atoms with Gasteiger partial charge in [0.05, 0.1) is 6.04 Å². The van der Waals surface area contributed by atoms with E-state index in [2.05, 4.69) is 10.6 Å². The van der Waals surface area contributed by atoms with Crippen LogP contribution >= 0.6 is 0 Å². The Morgan fingerprint density at radius 3 is 2.47 bits per heavy atom. The minimum absolute atomic E-state index is 0.128. The van der Waals surface area contributed by atoms with E-state index in [0.717, 1.165) is 0 Å². The van der Waals surface area contributed by atoms with Gasteiger partial charge in [-0.05, 0) is 37.1 Å². The predicted octanol–water partition coefficient (Wildman–Crippen LogP) is 2.55. The molecule has 106 valence electrons. The van der Waals surface area contributed by atoms with Gasteiger partial charge in [-0.15, -0.1) is 0 Å².